The van der Waals surface area contributed by atoms with Crippen LogP contribution < -0.4 is 5.73 Å². The zero-order valence-corrected chi connectivity index (χ0v) is 9.57. The van der Waals surface area contributed by atoms with Crippen LogP contribution in [0.1, 0.15) is 10.5 Å². The third kappa shape index (κ3) is 1.48. The Labute approximate surface area is 100 Å². The first kappa shape index (κ1) is 10.2. The van der Waals surface area contributed by atoms with Crippen LogP contribution in [0.4, 0.5) is 0 Å². The number of thiazole rings is 1. The van der Waals surface area contributed by atoms with Crippen molar-refractivity contribution in [1.82, 2.24) is 19.6 Å². The normalized spacial score (nSPS) is 11.1. The van der Waals surface area contributed by atoms with Crippen molar-refractivity contribution in [2.24, 2.45) is 5.73 Å². The molecule has 3 heterocycles. The zero-order valence-electron chi connectivity index (χ0n) is 8.75. The van der Waals surface area contributed by atoms with Crippen LogP contribution in [0, 0.1) is 0 Å². The lowest BCUT2D eigenvalue weighted by Crippen LogP contribution is -2.15. The molecule has 0 spiro atoms. The molecule has 0 atom stereocenters. The van der Waals surface area contributed by atoms with Gasteiger partial charge in [0.2, 0.25) is 0 Å². The SMILES string of the molecule is NCC(=O)c1cnc2scc(-c3cn[nH]c3)n12. The van der Waals surface area contributed by atoms with Gasteiger partial charge in [0.25, 0.3) is 0 Å². The molecule has 0 saturated heterocycles. The average molecular weight is 247 g/mol. The number of aromatic nitrogens is 4. The highest BCUT2D eigenvalue weighted by Crippen LogP contribution is 2.26. The van der Waals surface area contributed by atoms with E-state index in [9.17, 15) is 4.79 Å². The van der Waals surface area contributed by atoms with Gasteiger partial charge >= 0.3 is 0 Å². The Morgan fingerprint density at radius 1 is 1.53 bits per heavy atom. The Balaban J connectivity index is 2.26. The molecule has 0 amide bonds. The number of hydrogen-bond acceptors (Lipinski definition) is 5. The van der Waals surface area contributed by atoms with Crippen LogP contribution in [0.3, 0.4) is 0 Å². The molecule has 0 radical (unpaired) electrons. The first-order chi connectivity index (χ1) is 8.31. The summed E-state index contributed by atoms with van der Waals surface area (Å²) in [6.07, 6.45) is 5.04. The van der Waals surface area contributed by atoms with E-state index in [4.69, 9.17) is 5.73 Å². The largest absolute Gasteiger partial charge is 0.324 e. The average Bonchev–Trinajstić information content (AvgIpc) is 3.03. The summed E-state index contributed by atoms with van der Waals surface area (Å²) in [5.41, 5.74) is 7.71. The summed E-state index contributed by atoms with van der Waals surface area (Å²) in [7, 11) is 0. The number of H-pyrrole nitrogens is 1. The molecule has 3 aromatic rings. The van der Waals surface area contributed by atoms with Gasteiger partial charge in [-0.2, -0.15) is 5.10 Å². The number of imidazole rings is 1. The van der Waals surface area contributed by atoms with Gasteiger partial charge in [0.15, 0.2) is 10.7 Å². The van der Waals surface area contributed by atoms with Crippen LogP contribution in [-0.2, 0) is 0 Å². The quantitative estimate of drug-likeness (QED) is 0.674. The molecular weight excluding hydrogens is 238 g/mol. The first-order valence-electron chi connectivity index (χ1n) is 4.98. The lowest BCUT2D eigenvalue weighted by molar-refractivity contribution is 0.0996. The van der Waals surface area contributed by atoms with Gasteiger partial charge in [-0.25, -0.2) is 4.98 Å². The molecule has 0 unspecified atom stereocenters. The predicted octanol–water partition coefficient (Wildman–Crippen LogP) is 0.927. The van der Waals surface area contributed by atoms with E-state index in [1.807, 2.05) is 9.78 Å². The third-order valence-corrected chi connectivity index (χ3v) is 3.35. The van der Waals surface area contributed by atoms with Crippen molar-refractivity contribution in [3.63, 3.8) is 0 Å². The minimum Gasteiger partial charge on any atom is -0.324 e. The Kier molecular flexibility index (Phi) is 2.27. The number of nitrogens with one attached hydrogen (secondary N) is 1. The molecule has 0 aliphatic heterocycles. The van der Waals surface area contributed by atoms with Crippen molar-refractivity contribution >= 4 is 22.1 Å². The van der Waals surface area contributed by atoms with Gasteiger partial charge in [0.05, 0.1) is 24.6 Å². The number of carbonyl (C=O) groups is 1. The lowest BCUT2D eigenvalue weighted by atomic mass is 10.2. The van der Waals surface area contributed by atoms with Crippen LogP contribution in [0.15, 0.2) is 24.0 Å². The van der Waals surface area contributed by atoms with Gasteiger partial charge in [-0.15, -0.1) is 11.3 Å². The molecule has 7 heteroatoms. The summed E-state index contributed by atoms with van der Waals surface area (Å²) in [6.45, 7) is -0.0194. The molecule has 3 N–H and O–H groups in total. The molecule has 0 bridgehead atoms. The Morgan fingerprint density at radius 2 is 2.41 bits per heavy atom. The number of rotatable bonds is 3. The molecule has 0 aromatic carbocycles. The maximum atomic E-state index is 11.7. The second-order valence-corrected chi connectivity index (χ2v) is 4.33. The summed E-state index contributed by atoms with van der Waals surface area (Å²) >= 11 is 1.48. The van der Waals surface area contributed by atoms with Crippen LogP contribution in [0.25, 0.3) is 16.2 Å². The van der Waals surface area contributed by atoms with Gasteiger partial charge in [-0.1, -0.05) is 0 Å². The highest BCUT2D eigenvalue weighted by atomic mass is 32.1. The fourth-order valence-electron chi connectivity index (χ4n) is 1.70. The Hall–Kier alpha value is -1.99. The molecule has 3 aromatic heterocycles. The number of nitrogens with two attached hydrogens (primary N) is 1. The van der Waals surface area contributed by atoms with Gasteiger partial charge < -0.3 is 5.73 Å². The van der Waals surface area contributed by atoms with E-state index in [2.05, 4.69) is 15.2 Å². The second kappa shape index (κ2) is 3.79. The molecule has 0 saturated carbocycles. The lowest BCUT2D eigenvalue weighted by Gasteiger charge is -1.99. The van der Waals surface area contributed by atoms with Gasteiger partial charge in [0, 0.05) is 17.1 Å². The molecule has 6 nitrogen and oxygen atoms in total. The smallest absolute Gasteiger partial charge is 0.194 e. The number of nitrogens with zero attached hydrogens (tertiary/aromatic N) is 3. The van der Waals surface area contributed by atoms with E-state index in [1.165, 1.54) is 11.3 Å². The highest BCUT2D eigenvalue weighted by molar-refractivity contribution is 7.15. The molecule has 0 fully saturated rings. The van der Waals surface area contributed by atoms with Gasteiger partial charge in [-0.05, 0) is 0 Å². The fourth-order valence-corrected chi connectivity index (χ4v) is 2.58. The number of Topliss-reactive ketones (excluding diaryl/α,β-unsaturated/α-hetero) is 1. The van der Waals surface area contributed by atoms with Crippen molar-refractivity contribution in [1.29, 1.82) is 0 Å². The highest BCUT2D eigenvalue weighted by Gasteiger charge is 2.16. The standard InChI is InChI=1S/C10H9N5OS/c11-1-9(16)7-4-12-10-15(7)8(5-17-10)6-2-13-14-3-6/h2-5H,1,11H2,(H,13,14). The summed E-state index contributed by atoms with van der Waals surface area (Å²) in [5.74, 6) is -0.124. The van der Waals surface area contributed by atoms with Crippen molar-refractivity contribution in [2.45, 2.75) is 0 Å². The first-order valence-corrected chi connectivity index (χ1v) is 5.86. The summed E-state index contributed by atoms with van der Waals surface area (Å²) < 4.78 is 1.81. The number of ketones is 1. The van der Waals surface area contributed by atoms with E-state index in [0.29, 0.717) is 5.69 Å². The number of carbonyl (C=O) groups excluding carboxylic acids is 1. The Morgan fingerprint density at radius 3 is 3.12 bits per heavy atom. The Bertz CT molecular complexity index is 666. The summed E-state index contributed by atoms with van der Waals surface area (Å²) in [4.78, 5) is 16.7. The predicted molar refractivity (Wildman–Crippen MR) is 64.0 cm³/mol. The van der Waals surface area contributed by atoms with Crippen molar-refractivity contribution in [3.05, 3.63) is 29.7 Å². The fraction of sp³-hybridized carbons (Fsp3) is 0.100. The molecule has 86 valence electrons. The van der Waals surface area contributed by atoms with E-state index in [0.717, 1.165) is 16.2 Å². The number of fused-ring (bicyclic) bond motifs is 1. The van der Waals surface area contributed by atoms with Crippen molar-refractivity contribution in [3.8, 4) is 11.3 Å². The molecule has 0 aliphatic carbocycles. The summed E-state index contributed by atoms with van der Waals surface area (Å²) in [5, 5.41) is 8.59. The monoisotopic (exact) mass is 247 g/mol. The van der Waals surface area contributed by atoms with Crippen molar-refractivity contribution < 1.29 is 4.79 Å². The minimum absolute atomic E-state index is 0.0194. The molecule has 17 heavy (non-hydrogen) atoms. The second-order valence-electron chi connectivity index (χ2n) is 3.50. The number of hydrogen-bond donors (Lipinski definition) is 2. The van der Waals surface area contributed by atoms with Crippen molar-refractivity contribution in [2.75, 3.05) is 6.54 Å². The van der Waals surface area contributed by atoms with E-state index in [-0.39, 0.29) is 12.3 Å². The van der Waals surface area contributed by atoms with E-state index in [1.54, 1.807) is 18.6 Å². The number of aromatic amines is 1. The zero-order chi connectivity index (χ0) is 11.8. The topological polar surface area (TPSA) is 89.1 Å². The summed E-state index contributed by atoms with van der Waals surface area (Å²) in [6, 6.07) is 0. The maximum Gasteiger partial charge on any atom is 0.194 e. The third-order valence-electron chi connectivity index (χ3n) is 2.51. The maximum absolute atomic E-state index is 11.7. The van der Waals surface area contributed by atoms with Crippen LogP contribution in [0.2, 0.25) is 0 Å². The molecule has 0 aliphatic rings. The van der Waals surface area contributed by atoms with Crippen LogP contribution in [0.5, 0.6) is 0 Å². The minimum atomic E-state index is -0.124. The van der Waals surface area contributed by atoms with Gasteiger partial charge in [0.1, 0.15) is 5.69 Å². The van der Waals surface area contributed by atoms with Gasteiger partial charge in [-0.3, -0.25) is 14.3 Å². The van der Waals surface area contributed by atoms with Crippen LogP contribution in [-0.4, -0.2) is 31.9 Å². The van der Waals surface area contributed by atoms with E-state index < -0.39 is 0 Å². The molecule has 3 rings (SSSR count). The molecular formula is C10H9N5OS. The van der Waals surface area contributed by atoms with E-state index >= 15 is 0 Å². The van der Waals surface area contributed by atoms with Crippen LogP contribution >= 0.6 is 11.3 Å².